The van der Waals surface area contributed by atoms with Crippen LogP contribution in [0.2, 0.25) is 0 Å². The van der Waals surface area contributed by atoms with Crippen LogP contribution in [0.1, 0.15) is 59.3 Å². The molecule has 2 aliphatic heterocycles. The third-order valence-electron chi connectivity index (χ3n) is 5.24. The summed E-state index contributed by atoms with van der Waals surface area (Å²) in [6.45, 7) is 7.17. The van der Waals surface area contributed by atoms with Gasteiger partial charge < -0.3 is 19.3 Å². The van der Waals surface area contributed by atoms with Crippen LogP contribution < -0.4 is 0 Å². The highest BCUT2D eigenvalue weighted by molar-refractivity contribution is 5.79. The number of morpholine rings is 1. The molecule has 2 heterocycles. The third-order valence-corrected chi connectivity index (χ3v) is 5.24. The zero-order valence-electron chi connectivity index (χ0n) is 15.1. The summed E-state index contributed by atoms with van der Waals surface area (Å²) in [6.07, 6.45) is 6.09. The number of nitrogens with zero attached hydrogens (tertiary/aromatic N) is 2. The van der Waals surface area contributed by atoms with E-state index in [2.05, 4.69) is 4.90 Å². The van der Waals surface area contributed by atoms with Crippen molar-refractivity contribution in [3.63, 3.8) is 0 Å². The van der Waals surface area contributed by atoms with Crippen LogP contribution in [0.25, 0.3) is 0 Å². The van der Waals surface area contributed by atoms with E-state index in [4.69, 9.17) is 9.47 Å². The quantitative estimate of drug-likeness (QED) is 0.737. The zero-order valence-corrected chi connectivity index (χ0v) is 15.1. The van der Waals surface area contributed by atoms with Crippen LogP contribution in [0.15, 0.2) is 0 Å². The van der Waals surface area contributed by atoms with E-state index in [1.54, 1.807) is 4.90 Å². The van der Waals surface area contributed by atoms with Gasteiger partial charge in [-0.25, -0.2) is 4.79 Å². The fourth-order valence-electron chi connectivity index (χ4n) is 4.16. The second kappa shape index (κ2) is 6.90. The van der Waals surface area contributed by atoms with Gasteiger partial charge in [-0.05, 0) is 46.5 Å². The lowest BCUT2D eigenvalue weighted by Gasteiger charge is -2.49. The third kappa shape index (κ3) is 3.85. The number of hydrogen-bond donors (Lipinski definition) is 0. The number of rotatable bonds is 1. The Kier molecular flexibility index (Phi) is 5.04. The standard InChI is InChI=1S/C18H30N2O4/c1-18(2,3)24-17(22)19-10-8-13(9-11-19)20-14-6-4-5-7-15(14)23-12-16(20)21/h13-15H,4-12H2,1-3H3. The maximum atomic E-state index is 12.4. The van der Waals surface area contributed by atoms with E-state index >= 15 is 0 Å². The predicted molar refractivity (Wildman–Crippen MR) is 89.7 cm³/mol. The van der Waals surface area contributed by atoms with E-state index in [-0.39, 0.29) is 36.8 Å². The summed E-state index contributed by atoms with van der Waals surface area (Å²) in [7, 11) is 0. The molecule has 136 valence electrons. The van der Waals surface area contributed by atoms with Gasteiger partial charge in [0.25, 0.3) is 0 Å². The second-order valence-electron chi connectivity index (χ2n) is 8.20. The van der Waals surface area contributed by atoms with E-state index in [1.807, 2.05) is 20.8 Å². The molecule has 0 N–H and O–H groups in total. The smallest absolute Gasteiger partial charge is 0.410 e. The normalized spacial score (nSPS) is 29.4. The van der Waals surface area contributed by atoms with Crippen molar-refractivity contribution in [2.45, 2.75) is 83.1 Å². The molecule has 6 heteroatoms. The van der Waals surface area contributed by atoms with Crippen molar-refractivity contribution < 1.29 is 19.1 Å². The van der Waals surface area contributed by atoms with Crippen molar-refractivity contribution in [3.8, 4) is 0 Å². The number of fused-ring (bicyclic) bond motifs is 1. The van der Waals surface area contributed by atoms with Gasteiger partial charge in [-0.15, -0.1) is 0 Å². The molecule has 0 aromatic rings. The summed E-state index contributed by atoms with van der Waals surface area (Å²) >= 11 is 0. The topological polar surface area (TPSA) is 59.1 Å². The highest BCUT2D eigenvalue weighted by Gasteiger charge is 2.42. The fourth-order valence-corrected chi connectivity index (χ4v) is 4.16. The molecule has 2 unspecified atom stereocenters. The maximum Gasteiger partial charge on any atom is 0.410 e. The molecule has 3 rings (SSSR count). The Labute approximate surface area is 144 Å². The lowest BCUT2D eigenvalue weighted by molar-refractivity contribution is -0.166. The Balaban J connectivity index is 1.59. The predicted octanol–water partition coefficient (Wildman–Crippen LogP) is 2.56. The van der Waals surface area contributed by atoms with Gasteiger partial charge in [0.05, 0.1) is 12.1 Å². The molecule has 1 saturated carbocycles. The molecule has 3 fully saturated rings. The number of likely N-dealkylation sites (tertiary alicyclic amines) is 1. The molecule has 0 aromatic heterocycles. The molecule has 2 atom stereocenters. The SMILES string of the molecule is CC(C)(C)OC(=O)N1CCC(N2C(=O)COC3CCCCC32)CC1. The van der Waals surface area contributed by atoms with Crippen molar-refractivity contribution in [2.75, 3.05) is 19.7 Å². The van der Waals surface area contributed by atoms with E-state index in [0.717, 1.165) is 25.7 Å². The number of piperidine rings is 1. The second-order valence-corrected chi connectivity index (χ2v) is 8.20. The van der Waals surface area contributed by atoms with E-state index in [1.165, 1.54) is 12.8 Å². The Morgan fingerprint density at radius 1 is 1.12 bits per heavy atom. The summed E-state index contributed by atoms with van der Waals surface area (Å²) in [4.78, 5) is 28.5. The van der Waals surface area contributed by atoms with Crippen LogP contribution in [-0.4, -0.2) is 65.3 Å². The highest BCUT2D eigenvalue weighted by atomic mass is 16.6. The molecule has 2 amide bonds. The van der Waals surface area contributed by atoms with Crippen LogP contribution in [0.3, 0.4) is 0 Å². The monoisotopic (exact) mass is 338 g/mol. The first-order chi connectivity index (χ1) is 11.3. The zero-order chi connectivity index (χ0) is 17.3. The highest BCUT2D eigenvalue weighted by Crippen LogP contribution is 2.32. The molecule has 0 aromatic carbocycles. The average Bonchev–Trinajstić information content (AvgIpc) is 2.53. The van der Waals surface area contributed by atoms with Crippen molar-refractivity contribution >= 4 is 12.0 Å². The van der Waals surface area contributed by atoms with Gasteiger partial charge in [0.15, 0.2) is 0 Å². The first-order valence-corrected chi connectivity index (χ1v) is 9.26. The molecule has 1 aliphatic carbocycles. The number of hydrogen-bond acceptors (Lipinski definition) is 4. The minimum Gasteiger partial charge on any atom is -0.444 e. The lowest BCUT2D eigenvalue weighted by Crippen LogP contribution is -2.61. The van der Waals surface area contributed by atoms with Crippen LogP contribution in [0.4, 0.5) is 4.79 Å². The number of ether oxygens (including phenoxy) is 2. The van der Waals surface area contributed by atoms with Crippen molar-refractivity contribution in [1.29, 1.82) is 0 Å². The lowest BCUT2D eigenvalue weighted by atomic mass is 9.87. The molecule has 0 radical (unpaired) electrons. The average molecular weight is 338 g/mol. The van der Waals surface area contributed by atoms with Crippen LogP contribution in [0.5, 0.6) is 0 Å². The number of carbonyl (C=O) groups is 2. The molecular formula is C18H30N2O4. The fraction of sp³-hybridized carbons (Fsp3) is 0.889. The van der Waals surface area contributed by atoms with Gasteiger partial charge in [0.1, 0.15) is 12.2 Å². The summed E-state index contributed by atoms with van der Waals surface area (Å²) in [6, 6.07) is 0.462. The van der Waals surface area contributed by atoms with Gasteiger partial charge in [0, 0.05) is 19.1 Å². The van der Waals surface area contributed by atoms with Crippen molar-refractivity contribution in [3.05, 3.63) is 0 Å². The van der Waals surface area contributed by atoms with Crippen molar-refractivity contribution in [1.82, 2.24) is 9.80 Å². The largest absolute Gasteiger partial charge is 0.444 e. The first-order valence-electron chi connectivity index (χ1n) is 9.26. The number of carbonyl (C=O) groups excluding carboxylic acids is 2. The maximum absolute atomic E-state index is 12.4. The summed E-state index contributed by atoms with van der Waals surface area (Å²) in [5.74, 6) is 0.119. The van der Waals surface area contributed by atoms with E-state index in [9.17, 15) is 9.59 Å². The Morgan fingerprint density at radius 2 is 1.79 bits per heavy atom. The van der Waals surface area contributed by atoms with Gasteiger partial charge in [0.2, 0.25) is 5.91 Å². The molecule has 24 heavy (non-hydrogen) atoms. The Morgan fingerprint density at radius 3 is 2.46 bits per heavy atom. The van der Waals surface area contributed by atoms with Crippen LogP contribution in [0, 0.1) is 0 Å². The van der Waals surface area contributed by atoms with Gasteiger partial charge >= 0.3 is 6.09 Å². The number of amides is 2. The first kappa shape index (κ1) is 17.5. The van der Waals surface area contributed by atoms with Gasteiger partial charge in [-0.2, -0.15) is 0 Å². The summed E-state index contributed by atoms with van der Waals surface area (Å²) < 4.78 is 11.2. The summed E-state index contributed by atoms with van der Waals surface area (Å²) in [5.41, 5.74) is -0.469. The molecular weight excluding hydrogens is 308 g/mol. The molecule has 2 saturated heterocycles. The molecule has 6 nitrogen and oxygen atoms in total. The minimum absolute atomic E-state index is 0.119. The Bertz CT molecular complexity index is 480. The Hall–Kier alpha value is -1.30. The van der Waals surface area contributed by atoms with E-state index < -0.39 is 5.60 Å². The molecule has 0 bridgehead atoms. The van der Waals surface area contributed by atoms with Crippen LogP contribution >= 0.6 is 0 Å². The van der Waals surface area contributed by atoms with Gasteiger partial charge in [-0.1, -0.05) is 12.8 Å². The molecule has 0 spiro atoms. The van der Waals surface area contributed by atoms with Gasteiger partial charge in [-0.3, -0.25) is 4.79 Å². The van der Waals surface area contributed by atoms with Crippen molar-refractivity contribution in [2.24, 2.45) is 0 Å². The van der Waals surface area contributed by atoms with E-state index in [0.29, 0.717) is 13.1 Å². The summed E-state index contributed by atoms with van der Waals surface area (Å²) in [5, 5.41) is 0. The minimum atomic E-state index is -0.469. The van der Waals surface area contributed by atoms with Crippen LogP contribution in [-0.2, 0) is 14.3 Å². The molecule has 3 aliphatic rings.